The average molecular weight is 498 g/mol. The Morgan fingerprint density at radius 1 is 1.03 bits per heavy atom. The monoisotopic (exact) mass is 497 g/mol. The maximum atomic E-state index is 13.9. The normalized spacial score (nSPS) is 15.4. The molecule has 0 spiro atoms. The van der Waals surface area contributed by atoms with E-state index in [2.05, 4.69) is 14.9 Å². The third kappa shape index (κ3) is 6.45. The molecule has 0 unspecified atom stereocenters. The maximum Gasteiger partial charge on any atom is 0.261 e. The zero-order chi connectivity index (χ0) is 24.8. The Bertz CT molecular complexity index is 1280. The molecule has 3 aromatic rings. The third-order valence-electron chi connectivity index (χ3n) is 5.88. The average Bonchev–Trinajstić information content (AvgIpc) is 2.86. The summed E-state index contributed by atoms with van der Waals surface area (Å²) in [7, 11) is -4.02. The number of hydrogen-bond acceptors (Lipinski definition) is 5. The number of carbonyl (C=O) groups excluding carboxylic acids is 1. The van der Waals surface area contributed by atoms with Crippen LogP contribution in [0.3, 0.4) is 0 Å². The number of halogens is 1. The number of ether oxygens (including phenoxy) is 1. The van der Waals surface area contributed by atoms with Gasteiger partial charge in [-0.2, -0.15) is 0 Å². The number of anilines is 1. The molecule has 35 heavy (non-hydrogen) atoms. The second-order valence-corrected chi connectivity index (χ2v) is 10.1. The summed E-state index contributed by atoms with van der Waals surface area (Å²) in [4.78, 5) is 15.2. The van der Waals surface area contributed by atoms with E-state index in [1.165, 1.54) is 18.2 Å². The lowest BCUT2D eigenvalue weighted by Gasteiger charge is -2.31. The molecule has 4 rings (SSSR count). The van der Waals surface area contributed by atoms with Gasteiger partial charge in [0.1, 0.15) is 5.82 Å². The minimum absolute atomic E-state index is 0.190. The molecule has 9 heteroatoms. The van der Waals surface area contributed by atoms with Gasteiger partial charge in [-0.25, -0.2) is 12.8 Å². The highest BCUT2D eigenvalue weighted by Crippen LogP contribution is 2.21. The van der Waals surface area contributed by atoms with Crippen LogP contribution in [0.4, 0.5) is 10.1 Å². The van der Waals surface area contributed by atoms with E-state index in [0.717, 1.165) is 24.7 Å². The number of carbonyl (C=O) groups is 1. The number of amides is 1. The molecule has 0 aliphatic carbocycles. The van der Waals surface area contributed by atoms with Crippen molar-refractivity contribution in [2.45, 2.75) is 17.9 Å². The van der Waals surface area contributed by atoms with E-state index in [4.69, 9.17) is 4.74 Å². The number of rotatable bonds is 8. The predicted molar refractivity (Wildman–Crippen MR) is 132 cm³/mol. The number of sulfonamides is 1. The molecule has 1 atom stereocenters. The summed E-state index contributed by atoms with van der Waals surface area (Å²) in [5.74, 6) is -0.928. The first kappa shape index (κ1) is 24.8. The molecule has 0 bridgehead atoms. The van der Waals surface area contributed by atoms with Gasteiger partial charge in [-0.15, -0.1) is 0 Å². The molecule has 1 aliphatic heterocycles. The Labute approximate surface area is 205 Å². The van der Waals surface area contributed by atoms with Gasteiger partial charge in [-0.1, -0.05) is 42.5 Å². The van der Waals surface area contributed by atoms with Gasteiger partial charge in [0.05, 0.1) is 24.2 Å². The van der Waals surface area contributed by atoms with Gasteiger partial charge < -0.3 is 10.1 Å². The third-order valence-corrected chi connectivity index (χ3v) is 7.26. The van der Waals surface area contributed by atoms with Crippen molar-refractivity contribution in [1.29, 1.82) is 0 Å². The predicted octanol–water partition coefficient (Wildman–Crippen LogP) is 3.74. The molecular weight excluding hydrogens is 469 g/mol. The van der Waals surface area contributed by atoms with E-state index in [1.807, 2.05) is 30.3 Å². The molecule has 0 saturated carbocycles. The van der Waals surface area contributed by atoms with Crippen molar-refractivity contribution in [3.05, 3.63) is 95.3 Å². The quantitative estimate of drug-likeness (QED) is 0.495. The Morgan fingerprint density at radius 2 is 1.77 bits per heavy atom. The molecule has 2 N–H and O–H groups in total. The van der Waals surface area contributed by atoms with E-state index >= 15 is 0 Å². The maximum absolute atomic E-state index is 13.9. The van der Waals surface area contributed by atoms with Crippen LogP contribution in [0.2, 0.25) is 0 Å². The van der Waals surface area contributed by atoms with Gasteiger partial charge >= 0.3 is 0 Å². The van der Waals surface area contributed by atoms with Gasteiger partial charge in [-0.3, -0.25) is 14.4 Å². The van der Waals surface area contributed by atoms with Crippen LogP contribution < -0.4 is 10.0 Å². The summed E-state index contributed by atoms with van der Waals surface area (Å²) < 4.78 is 47.2. The first-order chi connectivity index (χ1) is 16.8. The van der Waals surface area contributed by atoms with Crippen LogP contribution in [-0.2, 0) is 14.8 Å². The van der Waals surface area contributed by atoms with Crippen molar-refractivity contribution >= 4 is 21.6 Å². The van der Waals surface area contributed by atoms with Crippen LogP contribution in [0.5, 0.6) is 0 Å². The molecule has 3 aromatic carbocycles. The molecule has 1 heterocycles. The zero-order valence-corrected chi connectivity index (χ0v) is 20.2. The number of hydrogen-bond donors (Lipinski definition) is 2. The number of nitrogens with one attached hydrogen (secondary N) is 2. The lowest BCUT2D eigenvalue weighted by Crippen LogP contribution is -2.43. The second-order valence-electron chi connectivity index (χ2n) is 8.45. The molecule has 1 aliphatic rings. The van der Waals surface area contributed by atoms with Crippen molar-refractivity contribution in [2.75, 3.05) is 37.6 Å². The first-order valence-corrected chi connectivity index (χ1v) is 12.8. The summed E-state index contributed by atoms with van der Waals surface area (Å²) in [6, 6.07) is 19.4. The van der Waals surface area contributed by atoms with Gasteiger partial charge in [0.15, 0.2) is 0 Å². The number of benzene rings is 3. The Kier molecular flexibility index (Phi) is 7.80. The summed E-state index contributed by atoms with van der Waals surface area (Å²) in [5, 5.41) is 3.08. The van der Waals surface area contributed by atoms with E-state index < -0.39 is 15.8 Å². The van der Waals surface area contributed by atoms with Crippen molar-refractivity contribution in [2.24, 2.45) is 0 Å². The van der Waals surface area contributed by atoms with Crippen LogP contribution >= 0.6 is 0 Å². The summed E-state index contributed by atoms with van der Waals surface area (Å²) in [6.45, 7) is 5.07. The Balaban J connectivity index is 1.51. The smallest absolute Gasteiger partial charge is 0.261 e. The fourth-order valence-electron chi connectivity index (χ4n) is 3.88. The van der Waals surface area contributed by atoms with E-state index in [-0.39, 0.29) is 22.5 Å². The van der Waals surface area contributed by atoms with E-state index in [1.54, 1.807) is 25.1 Å². The largest absolute Gasteiger partial charge is 0.379 e. The fraction of sp³-hybridized carbons (Fsp3) is 0.269. The lowest BCUT2D eigenvalue weighted by molar-refractivity contribution is 0.0332. The Morgan fingerprint density at radius 3 is 2.49 bits per heavy atom. The minimum atomic E-state index is -4.02. The highest BCUT2D eigenvalue weighted by molar-refractivity contribution is 7.92. The van der Waals surface area contributed by atoms with Crippen LogP contribution in [-0.4, -0.2) is 52.1 Å². The number of morpholine rings is 1. The van der Waals surface area contributed by atoms with Crippen LogP contribution in [0.1, 0.15) is 27.5 Å². The van der Waals surface area contributed by atoms with Crippen LogP contribution in [0, 0.1) is 12.7 Å². The number of aryl methyl sites for hydroxylation is 1. The zero-order valence-electron chi connectivity index (χ0n) is 19.4. The summed E-state index contributed by atoms with van der Waals surface area (Å²) in [5.41, 5.74) is 1.85. The van der Waals surface area contributed by atoms with Gasteiger partial charge in [0.2, 0.25) is 0 Å². The van der Waals surface area contributed by atoms with Gasteiger partial charge in [0.25, 0.3) is 15.9 Å². The molecular formula is C26H28FN3O4S. The summed E-state index contributed by atoms with van der Waals surface area (Å²) >= 11 is 0. The summed E-state index contributed by atoms with van der Waals surface area (Å²) in [6.07, 6.45) is 0. The second kappa shape index (κ2) is 11.0. The van der Waals surface area contributed by atoms with Crippen molar-refractivity contribution in [3.8, 4) is 0 Å². The van der Waals surface area contributed by atoms with E-state index in [9.17, 15) is 17.6 Å². The lowest BCUT2D eigenvalue weighted by atomic mass is 10.1. The highest BCUT2D eigenvalue weighted by Gasteiger charge is 2.22. The minimum Gasteiger partial charge on any atom is -0.379 e. The van der Waals surface area contributed by atoms with Crippen LogP contribution in [0.15, 0.2) is 77.7 Å². The van der Waals surface area contributed by atoms with E-state index in [0.29, 0.717) is 30.9 Å². The topological polar surface area (TPSA) is 87.7 Å². The van der Waals surface area contributed by atoms with Crippen LogP contribution in [0.25, 0.3) is 0 Å². The Hall–Kier alpha value is -3.27. The number of nitrogens with zero attached hydrogens (tertiary/aromatic N) is 1. The molecule has 0 radical (unpaired) electrons. The molecule has 7 nitrogen and oxygen atoms in total. The van der Waals surface area contributed by atoms with Gasteiger partial charge in [-0.05, 0) is 48.4 Å². The SMILES string of the molecule is Cc1ccc(S(=O)(=O)Nc2cccc(C(=O)N[C@H](CN3CCOCC3)c3ccccc3)c2)cc1F. The molecule has 1 amide bonds. The molecule has 0 aromatic heterocycles. The van der Waals surface area contributed by atoms with Gasteiger partial charge in [0, 0.05) is 30.9 Å². The van der Waals surface area contributed by atoms with Crippen molar-refractivity contribution in [1.82, 2.24) is 10.2 Å². The highest BCUT2D eigenvalue weighted by atomic mass is 32.2. The fourth-order valence-corrected chi connectivity index (χ4v) is 4.94. The molecule has 1 fully saturated rings. The van der Waals surface area contributed by atoms with Crippen molar-refractivity contribution < 1.29 is 22.3 Å². The first-order valence-electron chi connectivity index (χ1n) is 11.4. The van der Waals surface area contributed by atoms with Crippen molar-refractivity contribution in [3.63, 3.8) is 0 Å². The standard InChI is InChI=1S/C26H28FN3O4S/c1-19-10-11-23(17-24(19)27)35(32,33)29-22-9-5-8-21(16-22)26(31)28-25(20-6-3-2-4-7-20)18-30-12-14-34-15-13-30/h2-11,16-17,25,29H,12-15,18H2,1H3,(H,28,31)/t25-/m1/s1. The molecule has 184 valence electrons. The molecule has 1 saturated heterocycles.